The van der Waals surface area contributed by atoms with Gasteiger partial charge in [0, 0.05) is 20.6 Å². The van der Waals surface area contributed by atoms with Gasteiger partial charge in [0.15, 0.2) is 0 Å². The third-order valence-corrected chi connectivity index (χ3v) is 4.38. The molecule has 2 aromatic carbocycles. The van der Waals surface area contributed by atoms with Gasteiger partial charge in [-0.2, -0.15) is 0 Å². The Morgan fingerprint density at radius 3 is 2.43 bits per heavy atom. The van der Waals surface area contributed by atoms with Crippen LogP contribution in [-0.4, -0.2) is 46.6 Å². The second-order valence-corrected chi connectivity index (χ2v) is 6.22. The van der Waals surface area contributed by atoms with E-state index in [1.807, 2.05) is 60.7 Å². The summed E-state index contributed by atoms with van der Waals surface area (Å²) in [6.07, 6.45) is 3.39. The lowest BCUT2D eigenvalue weighted by Gasteiger charge is -2.23. The third kappa shape index (κ3) is 4.44. The predicted molar refractivity (Wildman–Crippen MR) is 107 cm³/mol. The Morgan fingerprint density at radius 2 is 1.79 bits per heavy atom. The molecule has 7 heteroatoms. The molecule has 0 aliphatic heterocycles. The first-order valence-corrected chi connectivity index (χ1v) is 8.84. The Balaban J connectivity index is 0.00000300. The molecule has 1 aromatic heterocycles. The number of likely N-dealkylation sites (N-methyl/N-ethyl adjacent to an activating group) is 1. The van der Waals surface area contributed by atoms with Crippen LogP contribution in [0, 0.1) is 0 Å². The third-order valence-electron chi connectivity index (χ3n) is 4.38. The number of hydroxylamine groups is 2. The first-order valence-electron chi connectivity index (χ1n) is 8.84. The van der Waals surface area contributed by atoms with Gasteiger partial charge in [-0.25, -0.2) is 10.0 Å². The first kappa shape index (κ1) is 19.3. The number of nitrogens with one attached hydrogen (secondary N) is 1. The van der Waals surface area contributed by atoms with Crippen LogP contribution in [0.1, 0.15) is 17.5 Å². The molecule has 2 amide bonds. The van der Waals surface area contributed by atoms with Crippen LogP contribution in [0.4, 0.5) is 0 Å². The molecule has 3 aromatic rings. The van der Waals surface area contributed by atoms with Crippen LogP contribution < -0.4 is 5.32 Å². The lowest BCUT2D eigenvalue weighted by Crippen LogP contribution is -2.48. The monoisotopic (exact) mass is 380 g/mol. The SMILES string of the molecule is CON(C)C(=O)[C@H](Cc1ccccc1)NC(=O)c1cncn1-c1ccccc1.[HH]. The molecule has 0 saturated carbocycles. The number of rotatable bonds is 7. The lowest BCUT2D eigenvalue weighted by atomic mass is 10.1. The minimum atomic E-state index is -0.779. The van der Waals surface area contributed by atoms with Crippen molar-refractivity contribution in [3.05, 3.63) is 84.4 Å². The largest absolute Gasteiger partial charge is 0.338 e. The van der Waals surface area contributed by atoms with Gasteiger partial charge in [-0.1, -0.05) is 48.5 Å². The van der Waals surface area contributed by atoms with Gasteiger partial charge < -0.3 is 5.32 Å². The summed E-state index contributed by atoms with van der Waals surface area (Å²) in [6.45, 7) is 0. The van der Waals surface area contributed by atoms with E-state index in [1.54, 1.807) is 10.9 Å². The van der Waals surface area contributed by atoms with Crippen molar-refractivity contribution in [2.75, 3.05) is 14.2 Å². The van der Waals surface area contributed by atoms with Crippen LogP contribution in [0.25, 0.3) is 5.69 Å². The normalized spacial score (nSPS) is 11.6. The van der Waals surface area contributed by atoms with Gasteiger partial charge in [0.05, 0.1) is 19.6 Å². The van der Waals surface area contributed by atoms with E-state index in [2.05, 4.69) is 10.3 Å². The Bertz CT molecular complexity index is 931. The fourth-order valence-electron chi connectivity index (χ4n) is 2.85. The average molecular weight is 380 g/mol. The van der Waals surface area contributed by atoms with Gasteiger partial charge in [-0.05, 0) is 17.7 Å². The van der Waals surface area contributed by atoms with E-state index >= 15 is 0 Å². The highest BCUT2D eigenvalue weighted by Crippen LogP contribution is 2.12. The Kier molecular flexibility index (Phi) is 6.18. The van der Waals surface area contributed by atoms with Crippen molar-refractivity contribution in [3.63, 3.8) is 0 Å². The number of imidazole rings is 1. The summed E-state index contributed by atoms with van der Waals surface area (Å²) in [6, 6.07) is 18.1. The van der Waals surface area contributed by atoms with E-state index in [1.165, 1.54) is 20.4 Å². The standard InChI is InChI=1S/C21H22N4O3.H2/c1-24(28-2)21(27)18(13-16-9-5-3-6-10-16)23-20(26)19-14-22-15-25(19)17-11-7-4-8-12-17;/h3-12,14-15,18H,13H2,1-2H3,(H,23,26);1H/t18-;/m0./s1. The Hall–Kier alpha value is -3.45. The molecule has 0 radical (unpaired) electrons. The fraction of sp³-hybridized carbons (Fsp3) is 0.190. The molecule has 0 fully saturated rings. The molecule has 28 heavy (non-hydrogen) atoms. The summed E-state index contributed by atoms with van der Waals surface area (Å²) < 4.78 is 1.68. The molecule has 1 atom stereocenters. The number of para-hydroxylation sites is 1. The summed E-state index contributed by atoms with van der Waals surface area (Å²) in [7, 11) is 2.92. The Morgan fingerprint density at radius 1 is 1.14 bits per heavy atom. The number of carbonyl (C=O) groups is 2. The second kappa shape index (κ2) is 8.96. The molecule has 1 heterocycles. The highest BCUT2D eigenvalue weighted by atomic mass is 16.7. The molecule has 0 aliphatic rings. The summed E-state index contributed by atoms with van der Waals surface area (Å²) >= 11 is 0. The van der Waals surface area contributed by atoms with Crippen molar-refractivity contribution in [1.29, 1.82) is 0 Å². The van der Waals surface area contributed by atoms with E-state index < -0.39 is 6.04 Å². The second-order valence-electron chi connectivity index (χ2n) is 6.22. The molecule has 0 unspecified atom stereocenters. The summed E-state index contributed by atoms with van der Waals surface area (Å²) in [5.41, 5.74) is 2.09. The van der Waals surface area contributed by atoms with Crippen LogP contribution in [0.3, 0.4) is 0 Å². The van der Waals surface area contributed by atoms with Crippen molar-refractivity contribution < 1.29 is 15.9 Å². The quantitative estimate of drug-likeness (QED) is 0.639. The molecular formula is C21H24N4O3. The van der Waals surface area contributed by atoms with Crippen molar-refractivity contribution in [1.82, 2.24) is 19.9 Å². The maximum atomic E-state index is 12.9. The maximum Gasteiger partial charge on any atom is 0.270 e. The van der Waals surface area contributed by atoms with Crippen molar-refractivity contribution in [2.24, 2.45) is 0 Å². The molecule has 0 saturated heterocycles. The van der Waals surface area contributed by atoms with Crippen LogP contribution >= 0.6 is 0 Å². The van der Waals surface area contributed by atoms with Gasteiger partial charge in [-0.15, -0.1) is 0 Å². The fourth-order valence-corrected chi connectivity index (χ4v) is 2.85. The number of aromatic nitrogens is 2. The van der Waals surface area contributed by atoms with Crippen LogP contribution in [-0.2, 0) is 16.1 Å². The van der Waals surface area contributed by atoms with Crippen molar-refractivity contribution in [3.8, 4) is 5.69 Å². The van der Waals surface area contributed by atoms with Crippen molar-refractivity contribution >= 4 is 11.8 Å². The highest BCUT2D eigenvalue weighted by molar-refractivity contribution is 5.96. The zero-order valence-electron chi connectivity index (χ0n) is 15.8. The Labute approximate surface area is 165 Å². The van der Waals surface area contributed by atoms with E-state index in [0.29, 0.717) is 12.1 Å². The molecule has 0 spiro atoms. The maximum absolute atomic E-state index is 12.9. The zero-order chi connectivity index (χ0) is 19.9. The van der Waals surface area contributed by atoms with Gasteiger partial charge >= 0.3 is 0 Å². The van der Waals surface area contributed by atoms with E-state index in [4.69, 9.17) is 4.84 Å². The minimum Gasteiger partial charge on any atom is -0.338 e. The molecule has 0 bridgehead atoms. The molecule has 146 valence electrons. The first-order chi connectivity index (χ1) is 13.6. The highest BCUT2D eigenvalue weighted by Gasteiger charge is 2.26. The number of carbonyl (C=O) groups excluding carboxylic acids is 2. The predicted octanol–water partition coefficient (Wildman–Crippen LogP) is 2.48. The van der Waals surface area contributed by atoms with Gasteiger partial charge in [0.25, 0.3) is 11.8 Å². The minimum absolute atomic E-state index is 0. The van der Waals surface area contributed by atoms with E-state index in [9.17, 15) is 9.59 Å². The van der Waals surface area contributed by atoms with Gasteiger partial charge in [-0.3, -0.25) is 19.0 Å². The zero-order valence-corrected chi connectivity index (χ0v) is 15.8. The molecular weight excluding hydrogens is 356 g/mol. The molecule has 0 aliphatic carbocycles. The number of benzene rings is 2. The molecule has 3 rings (SSSR count). The molecule has 7 nitrogen and oxygen atoms in total. The van der Waals surface area contributed by atoms with Crippen LogP contribution in [0.2, 0.25) is 0 Å². The van der Waals surface area contributed by atoms with E-state index in [0.717, 1.165) is 16.3 Å². The summed E-state index contributed by atoms with van der Waals surface area (Å²) in [5.74, 6) is -0.731. The van der Waals surface area contributed by atoms with Crippen molar-refractivity contribution in [2.45, 2.75) is 12.5 Å². The topological polar surface area (TPSA) is 76.5 Å². The lowest BCUT2D eigenvalue weighted by molar-refractivity contribution is -0.170. The average Bonchev–Trinajstić information content (AvgIpc) is 3.23. The summed E-state index contributed by atoms with van der Waals surface area (Å²) in [4.78, 5) is 34.7. The van der Waals surface area contributed by atoms with Gasteiger partial charge in [0.1, 0.15) is 11.7 Å². The smallest absolute Gasteiger partial charge is 0.270 e. The van der Waals surface area contributed by atoms with Crippen LogP contribution in [0.5, 0.6) is 0 Å². The molecule has 1 N–H and O–H groups in total. The van der Waals surface area contributed by atoms with Gasteiger partial charge in [0.2, 0.25) is 0 Å². The number of hydrogen-bond donors (Lipinski definition) is 1. The number of amides is 2. The number of nitrogens with zero attached hydrogens (tertiary/aromatic N) is 3. The number of hydrogen-bond acceptors (Lipinski definition) is 4. The summed E-state index contributed by atoms with van der Waals surface area (Å²) in [5, 5.41) is 3.94. The van der Waals surface area contributed by atoms with Crippen LogP contribution in [0.15, 0.2) is 73.2 Å². The van der Waals surface area contributed by atoms with E-state index in [-0.39, 0.29) is 13.2 Å².